The molecule has 1 aromatic carbocycles. The highest BCUT2D eigenvalue weighted by Gasteiger charge is 2.21. The number of fused-ring (bicyclic) bond motifs is 1. The van der Waals surface area contributed by atoms with Crippen LogP contribution in [0.3, 0.4) is 0 Å². The summed E-state index contributed by atoms with van der Waals surface area (Å²) in [6.45, 7) is 5.87. The van der Waals surface area contributed by atoms with Gasteiger partial charge in [-0.1, -0.05) is 32.0 Å². The lowest BCUT2D eigenvalue weighted by molar-refractivity contribution is 0.502. The van der Waals surface area contributed by atoms with Gasteiger partial charge in [-0.05, 0) is 29.9 Å². The molecule has 1 aromatic rings. The Hall–Kier alpha value is -0.980. The minimum atomic E-state index is 0.700. The minimum Gasteiger partial charge on any atom is -0.374 e. The monoisotopic (exact) mass is 189 g/mol. The van der Waals surface area contributed by atoms with Gasteiger partial charge in [0.2, 0.25) is 0 Å². The molecule has 0 radical (unpaired) electrons. The molecule has 0 saturated heterocycles. The normalized spacial score (nSPS) is 26.9. The maximum Gasteiger partial charge on any atom is 0.0398 e. The second-order valence-electron chi connectivity index (χ2n) is 4.68. The molecule has 1 aliphatic rings. The summed E-state index contributed by atoms with van der Waals surface area (Å²) >= 11 is 0. The van der Waals surface area contributed by atoms with E-state index in [0.717, 1.165) is 5.92 Å². The van der Waals surface area contributed by atoms with Gasteiger partial charge in [0.1, 0.15) is 0 Å². The highest BCUT2D eigenvalue weighted by atomic mass is 15.1. The molecule has 14 heavy (non-hydrogen) atoms. The Labute approximate surface area is 86.7 Å². The molecule has 0 saturated carbocycles. The minimum absolute atomic E-state index is 0.700. The van der Waals surface area contributed by atoms with Crippen LogP contribution in [0.25, 0.3) is 0 Å². The predicted molar refractivity (Wildman–Crippen MR) is 61.9 cm³/mol. The average Bonchev–Trinajstić information content (AvgIpc) is 2.26. The molecule has 0 N–H and O–H groups in total. The first-order valence-electron chi connectivity index (χ1n) is 5.48. The Morgan fingerprint density at radius 1 is 1.21 bits per heavy atom. The van der Waals surface area contributed by atoms with Crippen LogP contribution in [-0.2, 0) is 0 Å². The smallest absolute Gasteiger partial charge is 0.0398 e. The van der Waals surface area contributed by atoms with Crippen molar-refractivity contribution in [1.29, 1.82) is 0 Å². The molecule has 0 aromatic heterocycles. The Kier molecular flexibility index (Phi) is 2.49. The molecule has 76 valence electrons. The Balaban J connectivity index is 2.42. The van der Waals surface area contributed by atoms with E-state index in [4.69, 9.17) is 0 Å². The van der Waals surface area contributed by atoms with E-state index in [1.165, 1.54) is 24.2 Å². The van der Waals surface area contributed by atoms with Crippen LogP contribution >= 0.6 is 0 Å². The summed E-state index contributed by atoms with van der Waals surface area (Å²) in [5.74, 6) is 1.49. The van der Waals surface area contributed by atoms with Crippen molar-refractivity contribution in [2.24, 2.45) is 5.92 Å². The summed E-state index contributed by atoms with van der Waals surface area (Å²) in [6.07, 6.45) is 1.31. The largest absolute Gasteiger partial charge is 0.374 e. The van der Waals surface area contributed by atoms with Gasteiger partial charge in [0.05, 0.1) is 0 Å². The van der Waals surface area contributed by atoms with Crippen molar-refractivity contribution in [2.45, 2.75) is 26.2 Å². The van der Waals surface area contributed by atoms with Gasteiger partial charge >= 0.3 is 0 Å². The first-order chi connectivity index (χ1) is 6.68. The maximum atomic E-state index is 2.39. The summed E-state index contributed by atoms with van der Waals surface area (Å²) in [4.78, 5) is 2.39. The van der Waals surface area contributed by atoms with Gasteiger partial charge in [0.25, 0.3) is 0 Å². The highest BCUT2D eigenvalue weighted by Crippen LogP contribution is 2.34. The first kappa shape index (κ1) is 9.57. The molecule has 0 spiro atoms. The molecular weight excluding hydrogens is 170 g/mol. The number of rotatable bonds is 0. The van der Waals surface area contributed by atoms with Crippen molar-refractivity contribution in [3.8, 4) is 0 Å². The van der Waals surface area contributed by atoms with Crippen LogP contribution in [0.15, 0.2) is 24.3 Å². The van der Waals surface area contributed by atoms with Crippen molar-refractivity contribution in [1.82, 2.24) is 0 Å². The number of para-hydroxylation sites is 1. The van der Waals surface area contributed by atoms with E-state index in [2.05, 4.69) is 50.1 Å². The number of benzene rings is 1. The van der Waals surface area contributed by atoms with Gasteiger partial charge in [-0.25, -0.2) is 0 Å². The number of hydrogen-bond acceptors (Lipinski definition) is 1. The number of nitrogens with zero attached hydrogens (tertiary/aromatic N) is 1. The zero-order chi connectivity index (χ0) is 10.1. The third-order valence-corrected chi connectivity index (χ3v) is 3.22. The summed E-state index contributed by atoms with van der Waals surface area (Å²) in [5.41, 5.74) is 2.93. The Morgan fingerprint density at radius 3 is 2.71 bits per heavy atom. The third-order valence-electron chi connectivity index (χ3n) is 3.22. The maximum absolute atomic E-state index is 2.39. The zero-order valence-corrected chi connectivity index (χ0v) is 9.33. The molecule has 2 atom stereocenters. The molecule has 0 aliphatic carbocycles. The molecule has 1 heterocycles. The topological polar surface area (TPSA) is 3.24 Å². The van der Waals surface area contributed by atoms with Crippen LogP contribution in [0, 0.1) is 5.92 Å². The molecule has 1 nitrogen and oxygen atoms in total. The summed E-state index contributed by atoms with van der Waals surface area (Å²) in [5, 5.41) is 0. The van der Waals surface area contributed by atoms with E-state index in [1.807, 2.05) is 0 Å². The van der Waals surface area contributed by atoms with Crippen LogP contribution in [-0.4, -0.2) is 13.6 Å². The van der Waals surface area contributed by atoms with Gasteiger partial charge in [-0.15, -0.1) is 0 Å². The van der Waals surface area contributed by atoms with E-state index in [1.54, 1.807) is 0 Å². The van der Waals surface area contributed by atoms with E-state index in [9.17, 15) is 0 Å². The highest BCUT2D eigenvalue weighted by molar-refractivity contribution is 5.55. The lowest BCUT2D eigenvalue weighted by Crippen LogP contribution is -2.22. The van der Waals surface area contributed by atoms with Gasteiger partial charge in [-0.2, -0.15) is 0 Å². The van der Waals surface area contributed by atoms with Crippen LogP contribution in [0.2, 0.25) is 0 Å². The summed E-state index contributed by atoms with van der Waals surface area (Å²) < 4.78 is 0. The fourth-order valence-electron chi connectivity index (χ4n) is 2.62. The van der Waals surface area contributed by atoms with E-state index in [-0.39, 0.29) is 0 Å². The summed E-state index contributed by atoms with van der Waals surface area (Å²) in [7, 11) is 2.20. The fourth-order valence-corrected chi connectivity index (χ4v) is 2.62. The van der Waals surface area contributed by atoms with Crippen molar-refractivity contribution in [3.63, 3.8) is 0 Å². The van der Waals surface area contributed by atoms with Gasteiger partial charge < -0.3 is 4.90 Å². The second kappa shape index (κ2) is 3.64. The Morgan fingerprint density at radius 2 is 1.93 bits per heavy atom. The molecule has 0 bridgehead atoms. The third kappa shape index (κ3) is 1.63. The average molecular weight is 189 g/mol. The van der Waals surface area contributed by atoms with Crippen molar-refractivity contribution >= 4 is 5.69 Å². The molecule has 1 aliphatic heterocycles. The molecular formula is C13H19N. The molecule has 2 rings (SSSR count). The quantitative estimate of drug-likeness (QED) is 0.605. The lowest BCUT2D eigenvalue weighted by atomic mass is 9.92. The van der Waals surface area contributed by atoms with Crippen molar-refractivity contribution in [3.05, 3.63) is 29.8 Å². The SMILES string of the molecule is C[C@H]1C[C@@H](C)c2ccccc2N(C)C1. The fraction of sp³-hybridized carbons (Fsp3) is 0.538. The molecule has 1 heteroatoms. The van der Waals surface area contributed by atoms with Crippen molar-refractivity contribution in [2.75, 3.05) is 18.5 Å². The van der Waals surface area contributed by atoms with Crippen LogP contribution < -0.4 is 4.90 Å². The standard InChI is InChI=1S/C13H19N/c1-10-8-11(2)12-6-4-5-7-13(12)14(3)9-10/h4-7,10-11H,8-9H2,1-3H3/t10-,11+/m0/s1. The van der Waals surface area contributed by atoms with E-state index >= 15 is 0 Å². The molecule has 0 fully saturated rings. The van der Waals surface area contributed by atoms with Crippen LogP contribution in [0.4, 0.5) is 5.69 Å². The predicted octanol–water partition coefficient (Wildman–Crippen LogP) is 3.27. The van der Waals surface area contributed by atoms with Crippen molar-refractivity contribution < 1.29 is 0 Å². The van der Waals surface area contributed by atoms with Gasteiger partial charge in [0.15, 0.2) is 0 Å². The first-order valence-corrected chi connectivity index (χ1v) is 5.48. The van der Waals surface area contributed by atoms with E-state index in [0.29, 0.717) is 5.92 Å². The molecule has 0 unspecified atom stereocenters. The number of hydrogen-bond donors (Lipinski definition) is 0. The second-order valence-corrected chi connectivity index (χ2v) is 4.68. The lowest BCUT2D eigenvalue weighted by Gasteiger charge is -2.21. The summed E-state index contributed by atoms with van der Waals surface area (Å²) in [6, 6.07) is 8.80. The zero-order valence-electron chi connectivity index (χ0n) is 9.33. The van der Waals surface area contributed by atoms with Gasteiger partial charge in [-0.3, -0.25) is 0 Å². The van der Waals surface area contributed by atoms with Crippen LogP contribution in [0.1, 0.15) is 31.7 Å². The van der Waals surface area contributed by atoms with E-state index < -0.39 is 0 Å². The van der Waals surface area contributed by atoms with Crippen LogP contribution in [0.5, 0.6) is 0 Å². The Bertz CT molecular complexity index is 288. The van der Waals surface area contributed by atoms with Gasteiger partial charge in [0, 0.05) is 19.3 Å². The molecule has 0 amide bonds. The number of anilines is 1.